The van der Waals surface area contributed by atoms with Crippen LogP contribution in [-0.2, 0) is 21.7 Å². The summed E-state index contributed by atoms with van der Waals surface area (Å²) in [7, 11) is 0.750. The Labute approximate surface area is 154 Å². The second kappa shape index (κ2) is 61.7. The van der Waals surface area contributed by atoms with Crippen LogP contribution < -0.4 is 0 Å². The second-order valence-corrected chi connectivity index (χ2v) is 3.89. The normalized spacial score (nSPS) is 7.47. The number of nitrogens with one attached hydrogen (secondary N) is 1. The molecule has 0 aliphatic heterocycles. The smallest absolute Gasteiger partial charge is 0.0213 e. The van der Waals surface area contributed by atoms with E-state index in [0.717, 1.165) is 15.9 Å². The molecule has 0 aromatic rings. The zero-order valence-electron chi connectivity index (χ0n) is 13.9. The number of allylic oxidation sites excluding steroid dienone is 4. The molecule has 1 N–H and O–H groups in total. The van der Waals surface area contributed by atoms with Crippen LogP contribution in [0.25, 0.3) is 5.73 Å². The zero-order chi connectivity index (χ0) is 9.82. The van der Waals surface area contributed by atoms with Crippen molar-refractivity contribution in [3.63, 3.8) is 0 Å². The predicted molar refractivity (Wildman–Crippen MR) is 100 cm³/mol. The van der Waals surface area contributed by atoms with Crippen LogP contribution in [0.5, 0.6) is 0 Å². The van der Waals surface area contributed by atoms with Gasteiger partial charge in [-0.1, -0.05) is 26.9 Å². The van der Waals surface area contributed by atoms with E-state index in [0.29, 0.717) is 0 Å². The number of hydrogen-bond acceptors (Lipinski definition) is 0. The first-order chi connectivity index (χ1) is 5.65. The molecule has 0 aromatic carbocycles. The zero-order valence-corrected chi connectivity index (χ0v) is 18.3. The van der Waals surface area contributed by atoms with Gasteiger partial charge in [0.25, 0.3) is 0 Å². The fourth-order valence-corrected chi connectivity index (χ4v) is 0.340. The quantitative estimate of drug-likeness (QED) is 0.377. The van der Waals surface area contributed by atoms with Crippen molar-refractivity contribution in [2.24, 2.45) is 0 Å². The van der Waals surface area contributed by atoms with Crippen molar-refractivity contribution >= 4 is 34.3 Å². The van der Waals surface area contributed by atoms with Crippen LogP contribution in [0, 0.1) is 35.8 Å². The maximum atomic E-state index is 6.58. The average molecular weight is 363 g/mol. The van der Waals surface area contributed by atoms with Crippen molar-refractivity contribution in [2.45, 2.75) is 39.4 Å². The van der Waals surface area contributed by atoms with Crippen LogP contribution in [0.15, 0.2) is 18.2 Å². The van der Waals surface area contributed by atoms with E-state index in [2.05, 4.69) is 25.2 Å². The molecular formula is C14H34Cl2NSiTi-6. The van der Waals surface area contributed by atoms with Gasteiger partial charge in [0.15, 0.2) is 0 Å². The molecule has 0 heterocycles. The van der Waals surface area contributed by atoms with Crippen molar-refractivity contribution < 1.29 is 21.7 Å². The van der Waals surface area contributed by atoms with E-state index in [4.69, 9.17) is 5.73 Å². The number of hydrogen-bond donors (Lipinski definition) is 0. The minimum atomic E-state index is 0. The van der Waals surface area contributed by atoms with Gasteiger partial charge in [-0.15, -0.1) is 37.3 Å². The van der Waals surface area contributed by atoms with Gasteiger partial charge >= 0.3 is 0 Å². The van der Waals surface area contributed by atoms with Gasteiger partial charge in [0.1, 0.15) is 0 Å². The largest absolute Gasteiger partial charge is 0.675 e. The number of halogens is 2. The fourth-order valence-electron chi connectivity index (χ4n) is 0.340. The van der Waals surface area contributed by atoms with E-state index >= 15 is 0 Å². The van der Waals surface area contributed by atoms with Crippen molar-refractivity contribution in [1.82, 2.24) is 0 Å². The van der Waals surface area contributed by atoms with Crippen LogP contribution in [0.1, 0.15) is 20.3 Å². The number of rotatable bonds is 0. The molecule has 19 heavy (non-hydrogen) atoms. The summed E-state index contributed by atoms with van der Waals surface area (Å²) < 4.78 is 0. The van der Waals surface area contributed by atoms with Crippen LogP contribution in [0.3, 0.4) is 0 Å². The van der Waals surface area contributed by atoms with Crippen LogP contribution >= 0.6 is 24.8 Å². The molecule has 123 valence electrons. The Bertz CT molecular complexity index is 120. The van der Waals surface area contributed by atoms with Crippen molar-refractivity contribution in [2.75, 3.05) is 0 Å². The molecule has 0 atom stereocenters. The van der Waals surface area contributed by atoms with Crippen LogP contribution in [0.4, 0.5) is 0 Å². The molecule has 0 saturated heterocycles. The van der Waals surface area contributed by atoms with E-state index in [1.165, 1.54) is 0 Å². The third kappa shape index (κ3) is 154. The van der Waals surface area contributed by atoms with Gasteiger partial charge in [-0.2, -0.15) is 6.08 Å². The Morgan fingerprint density at radius 3 is 1.37 bits per heavy atom. The van der Waals surface area contributed by atoms with Gasteiger partial charge in [-0.25, -0.2) is 12.2 Å². The van der Waals surface area contributed by atoms with Crippen molar-refractivity contribution in [3.8, 4) is 0 Å². The Kier molecular flexibility index (Phi) is 194. The summed E-state index contributed by atoms with van der Waals surface area (Å²) in [6.07, 6.45) is 10.0. The second-order valence-electron chi connectivity index (χ2n) is 2.74. The van der Waals surface area contributed by atoms with Crippen LogP contribution in [-0.4, -0.2) is 15.6 Å². The molecule has 0 amide bonds. The predicted octanol–water partition coefficient (Wildman–Crippen LogP) is 5.91. The molecule has 1 radical (unpaired) electrons. The average Bonchev–Trinajstić information content (AvgIpc) is 2.40. The first kappa shape index (κ1) is 59.7. The molecule has 1 nitrogen and oxygen atoms in total. The molecule has 0 saturated carbocycles. The minimum Gasteiger partial charge on any atom is -0.675 e. The molecule has 0 spiro atoms. The van der Waals surface area contributed by atoms with Gasteiger partial charge in [0.05, 0.1) is 0 Å². The summed E-state index contributed by atoms with van der Waals surface area (Å²) in [6.45, 7) is 8.08. The van der Waals surface area contributed by atoms with E-state index in [1.54, 1.807) is 0 Å². The molecule has 0 unspecified atom stereocenters. The first-order valence-corrected chi connectivity index (χ1v) is 6.62. The van der Waals surface area contributed by atoms with Gasteiger partial charge in [0.2, 0.25) is 0 Å². The molecule has 0 bridgehead atoms. The molecule has 0 aromatic heterocycles. The SMILES string of the molecule is CC(C)[NH-].C[SiH]C.Cl.Cl.[C-]1=CC=CC1.[CH3-].[CH3-].[CH3-].[CH3-].[Ti]. The fraction of sp³-hybridized carbons (Fsp3) is 0.429. The van der Waals surface area contributed by atoms with Gasteiger partial charge in [-0.05, 0) is 0 Å². The third-order valence-corrected chi connectivity index (χ3v) is 0.586. The van der Waals surface area contributed by atoms with Gasteiger partial charge in [-0.3, -0.25) is 6.08 Å². The van der Waals surface area contributed by atoms with Gasteiger partial charge in [0, 0.05) is 31.2 Å². The van der Waals surface area contributed by atoms with Crippen LogP contribution in [0.2, 0.25) is 13.1 Å². The third-order valence-electron chi connectivity index (χ3n) is 0.586. The molecule has 0 fully saturated rings. The maximum absolute atomic E-state index is 6.58. The van der Waals surface area contributed by atoms with Crippen molar-refractivity contribution in [1.29, 1.82) is 0 Å². The summed E-state index contributed by atoms with van der Waals surface area (Å²) in [5.41, 5.74) is 6.58. The summed E-state index contributed by atoms with van der Waals surface area (Å²) in [6, 6.07) is 0.0833. The maximum Gasteiger partial charge on any atom is 0.0213 e. The summed E-state index contributed by atoms with van der Waals surface area (Å²) in [5.74, 6) is 0. The standard InChI is InChI=1S/C5H5.C3H8N.C2H7Si.4CH3.2ClH.Ti/c1-2-4-5-3-1;1-3(2)4;1-3-2;;;;;;;/h1-3H,4H2;3-4H,1-2H3;3H,1-2H3;4*1H3;2*1H;/q2*-1;;4*-1;;;. The first-order valence-electron chi connectivity index (χ1n) is 4.32. The molecule has 5 heteroatoms. The van der Waals surface area contributed by atoms with Gasteiger partial charge < -0.3 is 35.4 Å². The Morgan fingerprint density at radius 1 is 1.05 bits per heavy atom. The van der Waals surface area contributed by atoms with E-state index < -0.39 is 0 Å². The van der Waals surface area contributed by atoms with Crippen molar-refractivity contribution in [3.05, 3.63) is 59.7 Å². The minimum absolute atomic E-state index is 0. The Balaban J connectivity index is -0.00000000974. The molecule has 1 rings (SSSR count). The van der Waals surface area contributed by atoms with E-state index in [-0.39, 0.29) is 82.3 Å². The Hall–Kier alpha value is 0.951. The Morgan fingerprint density at radius 2 is 1.32 bits per heavy atom. The van der Waals surface area contributed by atoms with E-state index in [1.807, 2.05) is 26.0 Å². The molecular weight excluding hydrogens is 329 g/mol. The van der Waals surface area contributed by atoms with E-state index in [9.17, 15) is 0 Å². The molecule has 1 aliphatic rings. The summed E-state index contributed by atoms with van der Waals surface area (Å²) in [4.78, 5) is 0. The summed E-state index contributed by atoms with van der Waals surface area (Å²) >= 11 is 0. The topological polar surface area (TPSA) is 23.8 Å². The summed E-state index contributed by atoms with van der Waals surface area (Å²) in [5, 5.41) is 0. The molecule has 1 aliphatic carbocycles. The monoisotopic (exact) mass is 362 g/mol.